The number of nitrogens with one attached hydrogen (secondary N) is 1. The quantitative estimate of drug-likeness (QED) is 0.895. The molecule has 0 atom stereocenters. The zero-order valence-corrected chi connectivity index (χ0v) is 13.6. The zero-order valence-electron chi connectivity index (χ0n) is 13.6. The van der Waals surface area contributed by atoms with Crippen LogP contribution in [0.25, 0.3) is 0 Å². The number of anilines is 1. The van der Waals surface area contributed by atoms with Crippen molar-refractivity contribution < 1.29 is 9.53 Å². The molecule has 3 heteroatoms. The maximum atomic E-state index is 12.3. The van der Waals surface area contributed by atoms with Gasteiger partial charge in [0.2, 0.25) is 5.91 Å². The van der Waals surface area contributed by atoms with Crippen LogP contribution in [-0.4, -0.2) is 12.0 Å². The molecule has 0 aliphatic rings. The van der Waals surface area contributed by atoms with Crippen molar-refractivity contribution in [3.63, 3.8) is 0 Å². The van der Waals surface area contributed by atoms with Gasteiger partial charge < -0.3 is 10.1 Å². The molecule has 1 amide bonds. The van der Waals surface area contributed by atoms with Gasteiger partial charge in [-0.2, -0.15) is 0 Å². The molecule has 116 valence electrons. The van der Waals surface area contributed by atoms with Gasteiger partial charge in [0, 0.05) is 0 Å². The molecule has 0 heterocycles. The van der Waals surface area contributed by atoms with Gasteiger partial charge in [-0.25, -0.2) is 0 Å². The van der Waals surface area contributed by atoms with Gasteiger partial charge in [0.1, 0.15) is 5.75 Å². The van der Waals surface area contributed by atoms with Crippen LogP contribution in [0.2, 0.25) is 0 Å². The molecule has 0 fully saturated rings. The van der Waals surface area contributed by atoms with Crippen molar-refractivity contribution in [2.45, 2.75) is 40.2 Å². The van der Waals surface area contributed by atoms with Gasteiger partial charge in [-0.1, -0.05) is 35.9 Å². The van der Waals surface area contributed by atoms with Crippen LogP contribution < -0.4 is 10.1 Å². The molecule has 2 aromatic carbocycles. The number of aryl methyl sites for hydroxylation is 2. The number of hydrogen-bond donors (Lipinski definition) is 1. The lowest BCUT2D eigenvalue weighted by Crippen LogP contribution is -2.16. The van der Waals surface area contributed by atoms with Gasteiger partial charge in [-0.3, -0.25) is 4.79 Å². The average molecular weight is 297 g/mol. The topological polar surface area (TPSA) is 38.3 Å². The second kappa shape index (κ2) is 7.12. The van der Waals surface area contributed by atoms with Crippen LogP contribution >= 0.6 is 0 Å². The summed E-state index contributed by atoms with van der Waals surface area (Å²) in [4.78, 5) is 12.3. The summed E-state index contributed by atoms with van der Waals surface area (Å²) in [6.45, 7) is 8.02. The SMILES string of the molecule is Cc1ccc(CC(=O)Nc2ccccc2OC(C)C)c(C)c1. The maximum Gasteiger partial charge on any atom is 0.228 e. The summed E-state index contributed by atoms with van der Waals surface area (Å²) in [6, 6.07) is 13.7. The maximum absolute atomic E-state index is 12.3. The third-order valence-electron chi connectivity index (χ3n) is 3.37. The molecule has 0 radical (unpaired) electrons. The van der Waals surface area contributed by atoms with Crippen LogP contribution in [0.5, 0.6) is 5.75 Å². The summed E-state index contributed by atoms with van der Waals surface area (Å²) in [5.74, 6) is 0.665. The lowest BCUT2D eigenvalue weighted by Gasteiger charge is -2.15. The molecular weight excluding hydrogens is 274 g/mol. The summed E-state index contributed by atoms with van der Waals surface area (Å²) < 4.78 is 5.72. The smallest absolute Gasteiger partial charge is 0.228 e. The van der Waals surface area contributed by atoms with Gasteiger partial charge in [-0.05, 0) is 51.0 Å². The van der Waals surface area contributed by atoms with Crippen LogP contribution in [0.1, 0.15) is 30.5 Å². The van der Waals surface area contributed by atoms with E-state index in [1.165, 1.54) is 5.56 Å². The van der Waals surface area contributed by atoms with Crippen molar-refractivity contribution in [1.82, 2.24) is 0 Å². The number of carbonyl (C=O) groups is 1. The standard InChI is InChI=1S/C19H23NO2/c1-13(2)22-18-8-6-5-7-17(18)20-19(21)12-16-10-9-14(3)11-15(16)4/h5-11,13H,12H2,1-4H3,(H,20,21). The van der Waals surface area contributed by atoms with Gasteiger partial charge >= 0.3 is 0 Å². The Balaban J connectivity index is 2.09. The summed E-state index contributed by atoms with van der Waals surface area (Å²) in [5, 5.41) is 2.94. The highest BCUT2D eigenvalue weighted by molar-refractivity contribution is 5.93. The predicted molar refractivity (Wildman–Crippen MR) is 90.5 cm³/mol. The largest absolute Gasteiger partial charge is 0.489 e. The Bertz CT molecular complexity index is 662. The van der Waals surface area contributed by atoms with Crippen LogP contribution in [-0.2, 0) is 11.2 Å². The Labute approximate surface area is 132 Å². The number of para-hydroxylation sites is 2. The van der Waals surface area contributed by atoms with Crippen LogP contribution in [0.15, 0.2) is 42.5 Å². The van der Waals surface area contributed by atoms with Crippen LogP contribution in [0, 0.1) is 13.8 Å². The molecule has 0 bridgehead atoms. The highest BCUT2D eigenvalue weighted by Gasteiger charge is 2.10. The average Bonchev–Trinajstić information content (AvgIpc) is 2.43. The number of hydrogen-bond acceptors (Lipinski definition) is 2. The van der Waals surface area contributed by atoms with E-state index >= 15 is 0 Å². The number of benzene rings is 2. The van der Waals surface area contributed by atoms with Crippen LogP contribution in [0.3, 0.4) is 0 Å². The second-order valence-electron chi connectivity index (χ2n) is 5.82. The molecule has 2 rings (SSSR count). The minimum absolute atomic E-state index is 0.0354. The Morgan fingerprint density at radius 1 is 1.14 bits per heavy atom. The molecule has 0 unspecified atom stereocenters. The molecule has 0 spiro atoms. The van der Waals surface area contributed by atoms with E-state index in [-0.39, 0.29) is 12.0 Å². The Morgan fingerprint density at radius 3 is 2.55 bits per heavy atom. The molecule has 3 nitrogen and oxygen atoms in total. The van der Waals surface area contributed by atoms with E-state index < -0.39 is 0 Å². The molecule has 0 aromatic heterocycles. The molecule has 2 aromatic rings. The Morgan fingerprint density at radius 2 is 1.86 bits per heavy atom. The van der Waals surface area contributed by atoms with Crippen molar-refractivity contribution >= 4 is 11.6 Å². The number of ether oxygens (including phenoxy) is 1. The van der Waals surface area contributed by atoms with Gasteiger partial charge in [0.25, 0.3) is 0 Å². The fourth-order valence-corrected chi connectivity index (χ4v) is 2.34. The number of carbonyl (C=O) groups excluding carboxylic acids is 1. The van der Waals surface area contributed by atoms with E-state index in [1.54, 1.807) is 0 Å². The van der Waals surface area contributed by atoms with Gasteiger partial charge in [0.05, 0.1) is 18.2 Å². The lowest BCUT2D eigenvalue weighted by molar-refractivity contribution is -0.115. The summed E-state index contributed by atoms with van der Waals surface area (Å²) in [7, 11) is 0. The van der Waals surface area contributed by atoms with Crippen molar-refractivity contribution in [3.05, 3.63) is 59.2 Å². The molecular formula is C19H23NO2. The molecule has 22 heavy (non-hydrogen) atoms. The fraction of sp³-hybridized carbons (Fsp3) is 0.316. The van der Waals surface area contributed by atoms with E-state index in [0.29, 0.717) is 17.9 Å². The van der Waals surface area contributed by atoms with Gasteiger partial charge in [0.15, 0.2) is 0 Å². The molecule has 0 aliphatic heterocycles. The third-order valence-corrected chi connectivity index (χ3v) is 3.37. The lowest BCUT2D eigenvalue weighted by atomic mass is 10.0. The minimum atomic E-state index is -0.0354. The van der Waals surface area contributed by atoms with E-state index in [9.17, 15) is 4.79 Å². The first kappa shape index (κ1) is 16.1. The van der Waals surface area contributed by atoms with Crippen molar-refractivity contribution in [2.75, 3.05) is 5.32 Å². The number of rotatable bonds is 5. The monoisotopic (exact) mass is 297 g/mol. The number of amides is 1. The van der Waals surface area contributed by atoms with E-state index in [4.69, 9.17) is 4.74 Å². The fourth-order valence-electron chi connectivity index (χ4n) is 2.34. The van der Waals surface area contributed by atoms with Crippen molar-refractivity contribution in [2.24, 2.45) is 0 Å². The first-order valence-electron chi connectivity index (χ1n) is 7.57. The highest BCUT2D eigenvalue weighted by Crippen LogP contribution is 2.25. The second-order valence-corrected chi connectivity index (χ2v) is 5.82. The van der Waals surface area contributed by atoms with Crippen LogP contribution in [0.4, 0.5) is 5.69 Å². The minimum Gasteiger partial charge on any atom is -0.489 e. The molecule has 0 aliphatic carbocycles. The molecule has 0 saturated heterocycles. The predicted octanol–water partition coefficient (Wildman–Crippen LogP) is 4.27. The highest BCUT2D eigenvalue weighted by atomic mass is 16.5. The van der Waals surface area contributed by atoms with Gasteiger partial charge in [-0.15, -0.1) is 0 Å². The first-order valence-corrected chi connectivity index (χ1v) is 7.57. The summed E-state index contributed by atoms with van der Waals surface area (Å²) in [5.41, 5.74) is 4.11. The van der Waals surface area contributed by atoms with E-state index in [1.807, 2.05) is 57.2 Å². The van der Waals surface area contributed by atoms with E-state index in [2.05, 4.69) is 18.3 Å². The normalized spacial score (nSPS) is 10.6. The van der Waals surface area contributed by atoms with Crippen molar-refractivity contribution in [3.8, 4) is 5.75 Å². The third kappa shape index (κ3) is 4.35. The first-order chi connectivity index (χ1) is 10.5. The summed E-state index contributed by atoms with van der Waals surface area (Å²) >= 11 is 0. The summed E-state index contributed by atoms with van der Waals surface area (Å²) in [6.07, 6.45) is 0.430. The van der Waals surface area contributed by atoms with E-state index in [0.717, 1.165) is 11.1 Å². The zero-order chi connectivity index (χ0) is 16.1. The molecule has 1 N–H and O–H groups in total. The Kier molecular flexibility index (Phi) is 5.21. The van der Waals surface area contributed by atoms with Crippen molar-refractivity contribution in [1.29, 1.82) is 0 Å². The molecule has 0 saturated carbocycles. The Hall–Kier alpha value is -2.29.